The van der Waals surface area contributed by atoms with Gasteiger partial charge < -0.3 is 19.9 Å². The van der Waals surface area contributed by atoms with Crippen LogP contribution in [0, 0.1) is 0 Å². The van der Waals surface area contributed by atoms with Crippen LogP contribution in [0.15, 0.2) is 18.2 Å². The Morgan fingerprint density at radius 3 is 2.31 bits per heavy atom. The van der Waals surface area contributed by atoms with Crippen LogP contribution in [0.2, 0.25) is 0 Å². The summed E-state index contributed by atoms with van der Waals surface area (Å²) in [6.45, 7) is 1.94. The molecule has 0 aliphatic heterocycles. The number of aliphatic hydroxyl groups excluding tert-OH is 1. The normalized spacial score (nSPS) is 14.3. The first-order valence-corrected chi connectivity index (χ1v) is 5.13. The lowest BCUT2D eigenvalue weighted by atomic mass is 9.93. The van der Waals surface area contributed by atoms with E-state index in [2.05, 4.69) is 5.32 Å². The maximum Gasteiger partial charge on any atom is 0.161 e. The molecular weight excluding hydrogens is 206 g/mol. The molecule has 0 aromatic heterocycles. The first-order chi connectivity index (χ1) is 7.61. The first-order valence-electron chi connectivity index (χ1n) is 5.13. The maximum absolute atomic E-state index is 9.39. The lowest BCUT2D eigenvalue weighted by Crippen LogP contribution is -2.40. The molecule has 0 aliphatic carbocycles. The summed E-state index contributed by atoms with van der Waals surface area (Å²) < 4.78 is 10.4. The van der Waals surface area contributed by atoms with Crippen LogP contribution >= 0.6 is 0 Å². The van der Waals surface area contributed by atoms with Gasteiger partial charge in [0.15, 0.2) is 11.5 Å². The maximum atomic E-state index is 9.39. The summed E-state index contributed by atoms with van der Waals surface area (Å²) in [5, 5.41) is 12.5. The van der Waals surface area contributed by atoms with E-state index in [0.29, 0.717) is 11.5 Å². The van der Waals surface area contributed by atoms with Crippen molar-refractivity contribution in [2.45, 2.75) is 12.5 Å². The Bertz CT molecular complexity index is 348. The predicted molar refractivity (Wildman–Crippen MR) is 63.0 cm³/mol. The van der Waals surface area contributed by atoms with E-state index in [-0.39, 0.29) is 6.61 Å². The lowest BCUT2D eigenvalue weighted by Gasteiger charge is -2.28. The Morgan fingerprint density at radius 2 is 1.88 bits per heavy atom. The second kappa shape index (κ2) is 5.18. The van der Waals surface area contributed by atoms with Crippen LogP contribution in [0.4, 0.5) is 0 Å². The van der Waals surface area contributed by atoms with E-state index >= 15 is 0 Å². The highest BCUT2D eigenvalue weighted by Gasteiger charge is 2.24. The van der Waals surface area contributed by atoms with Crippen LogP contribution in [0.5, 0.6) is 11.5 Å². The number of nitrogens with one attached hydrogen (secondary N) is 1. The van der Waals surface area contributed by atoms with Gasteiger partial charge in [-0.05, 0) is 31.7 Å². The van der Waals surface area contributed by atoms with Gasteiger partial charge in [0, 0.05) is 0 Å². The van der Waals surface area contributed by atoms with E-state index in [0.717, 1.165) is 5.56 Å². The van der Waals surface area contributed by atoms with Crippen molar-refractivity contribution >= 4 is 0 Å². The number of hydrogen-bond donors (Lipinski definition) is 2. The lowest BCUT2D eigenvalue weighted by molar-refractivity contribution is 0.183. The molecule has 4 nitrogen and oxygen atoms in total. The topological polar surface area (TPSA) is 50.7 Å². The molecule has 0 saturated heterocycles. The zero-order valence-electron chi connectivity index (χ0n) is 10.2. The summed E-state index contributed by atoms with van der Waals surface area (Å²) in [4.78, 5) is 0. The molecule has 1 aromatic carbocycles. The molecule has 4 heteroatoms. The monoisotopic (exact) mass is 225 g/mol. The largest absolute Gasteiger partial charge is 0.493 e. The molecular formula is C12H19NO3. The Kier molecular flexibility index (Phi) is 4.15. The van der Waals surface area contributed by atoms with E-state index in [1.54, 1.807) is 14.2 Å². The van der Waals surface area contributed by atoms with Crippen molar-refractivity contribution in [3.63, 3.8) is 0 Å². The molecule has 0 heterocycles. The molecule has 90 valence electrons. The zero-order chi connectivity index (χ0) is 12.2. The summed E-state index contributed by atoms with van der Waals surface area (Å²) in [6, 6.07) is 5.61. The minimum atomic E-state index is -0.473. The molecule has 1 atom stereocenters. The molecule has 0 spiro atoms. The quantitative estimate of drug-likeness (QED) is 0.788. The third-order valence-electron chi connectivity index (χ3n) is 2.89. The fourth-order valence-corrected chi connectivity index (χ4v) is 1.49. The fraction of sp³-hybridized carbons (Fsp3) is 0.500. The molecule has 0 saturated carbocycles. The van der Waals surface area contributed by atoms with Crippen LogP contribution < -0.4 is 14.8 Å². The van der Waals surface area contributed by atoms with Gasteiger partial charge in [-0.15, -0.1) is 0 Å². The van der Waals surface area contributed by atoms with Crippen molar-refractivity contribution in [2.24, 2.45) is 0 Å². The predicted octanol–water partition coefficient (Wildman–Crippen LogP) is 1.13. The third kappa shape index (κ3) is 2.28. The number of rotatable bonds is 5. The van der Waals surface area contributed by atoms with Crippen molar-refractivity contribution in [1.29, 1.82) is 0 Å². The summed E-state index contributed by atoms with van der Waals surface area (Å²) in [5.41, 5.74) is 0.481. The minimum absolute atomic E-state index is 0.0129. The molecule has 0 bridgehead atoms. The summed E-state index contributed by atoms with van der Waals surface area (Å²) in [7, 11) is 5.01. The van der Waals surface area contributed by atoms with Crippen molar-refractivity contribution < 1.29 is 14.6 Å². The summed E-state index contributed by atoms with van der Waals surface area (Å²) in [6.07, 6.45) is 0. The van der Waals surface area contributed by atoms with Gasteiger partial charge in [-0.1, -0.05) is 6.07 Å². The van der Waals surface area contributed by atoms with Gasteiger partial charge >= 0.3 is 0 Å². The number of benzene rings is 1. The highest BCUT2D eigenvalue weighted by Crippen LogP contribution is 2.31. The van der Waals surface area contributed by atoms with Crippen LogP contribution in [-0.2, 0) is 5.54 Å². The number of hydrogen-bond acceptors (Lipinski definition) is 4. The van der Waals surface area contributed by atoms with Crippen LogP contribution in [0.3, 0.4) is 0 Å². The molecule has 0 fully saturated rings. The number of methoxy groups -OCH3 is 2. The van der Waals surface area contributed by atoms with Crippen molar-refractivity contribution in [3.05, 3.63) is 23.8 Å². The van der Waals surface area contributed by atoms with Gasteiger partial charge in [-0.2, -0.15) is 0 Å². The van der Waals surface area contributed by atoms with Gasteiger partial charge in [0.2, 0.25) is 0 Å². The SMILES string of the molecule is CNC(C)(CO)c1ccc(OC)c(OC)c1. The molecule has 2 N–H and O–H groups in total. The fourth-order valence-electron chi connectivity index (χ4n) is 1.49. The Morgan fingerprint density at radius 1 is 1.25 bits per heavy atom. The Labute approximate surface area is 96.2 Å². The van der Waals surface area contributed by atoms with Gasteiger partial charge in [0.1, 0.15) is 0 Å². The summed E-state index contributed by atoms with van der Waals surface area (Å²) >= 11 is 0. The van der Waals surface area contributed by atoms with E-state index in [9.17, 15) is 5.11 Å². The van der Waals surface area contributed by atoms with Crippen LogP contribution in [-0.4, -0.2) is 33.0 Å². The minimum Gasteiger partial charge on any atom is -0.493 e. The number of likely N-dealkylation sites (N-methyl/N-ethyl adjacent to an activating group) is 1. The zero-order valence-corrected chi connectivity index (χ0v) is 10.2. The Hall–Kier alpha value is -1.26. The highest BCUT2D eigenvalue weighted by atomic mass is 16.5. The van der Waals surface area contributed by atoms with E-state index < -0.39 is 5.54 Å². The average Bonchev–Trinajstić information content (AvgIpc) is 2.36. The molecule has 1 unspecified atom stereocenters. The highest BCUT2D eigenvalue weighted by molar-refractivity contribution is 5.44. The Balaban J connectivity index is 3.16. The second-order valence-corrected chi connectivity index (χ2v) is 3.81. The number of aliphatic hydroxyl groups is 1. The molecule has 0 aliphatic rings. The van der Waals surface area contributed by atoms with E-state index in [4.69, 9.17) is 9.47 Å². The standard InChI is InChI=1S/C12H19NO3/c1-12(8-14,13-2)9-5-6-10(15-3)11(7-9)16-4/h5-7,13-14H,8H2,1-4H3. The summed E-state index contributed by atoms with van der Waals surface area (Å²) in [5.74, 6) is 1.34. The van der Waals surface area contributed by atoms with Crippen LogP contribution in [0.25, 0.3) is 0 Å². The molecule has 1 aromatic rings. The van der Waals surface area contributed by atoms with Gasteiger partial charge in [0.25, 0.3) is 0 Å². The number of ether oxygens (including phenoxy) is 2. The van der Waals surface area contributed by atoms with Crippen molar-refractivity contribution in [1.82, 2.24) is 5.32 Å². The average molecular weight is 225 g/mol. The van der Waals surface area contributed by atoms with E-state index in [1.165, 1.54) is 0 Å². The molecule has 1 rings (SSSR count). The third-order valence-corrected chi connectivity index (χ3v) is 2.89. The molecule has 0 radical (unpaired) electrons. The molecule has 0 amide bonds. The smallest absolute Gasteiger partial charge is 0.161 e. The van der Waals surface area contributed by atoms with Gasteiger partial charge in [0.05, 0.1) is 26.4 Å². The molecule has 16 heavy (non-hydrogen) atoms. The van der Waals surface area contributed by atoms with Gasteiger partial charge in [-0.25, -0.2) is 0 Å². The second-order valence-electron chi connectivity index (χ2n) is 3.81. The van der Waals surface area contributed by atoms with Crippen molar-refractivity contribution in [2.75, 3.05) is 27.9 Å². The van der Waals surface area contributed by atoms with Crippen molar-refractivity contribution in [3.8, 4) is 11.5 Å². The first kappa shape index (κ1) is 12.8. The van der Waals surface area contributed by atoms with Gasteiger partial charge in [-0.3, -0.25) is 0 Å². The van der Waals surface area contributed by atoms with E-state index in [1.807, 2.05) is 32.2 Å². The van der Waals surface area contributed by atoms with Crippen LogP contribution in [0.1, 0.15) is 12.5 Å².